The number of benzene rings is 2. The third-order valence-electron chi connectivity index (χ3n) is 5.75. The molecule has 7 nitrogen and oxygen atoms in total. The van der Waals surface area contributed by atoms with Gasteiger partial charge in [0.25, 0.3) is 15.9 Å². The van der Waals surface area contributed by atoms with E-state index in [1.54, 1.807) is 31.4 Å². The van der Waals surface area contributed by atoms with Gasteiger partial charge in [0.05, 0.1) is 23.5 Å². The van der Waals surface area contributed by atoms with Crippen LogP contribution in [0.2, 0.25) is 0 Å². The van der Waals surface area contributed by atoms with Crippen molar-refractivity contribution in [1.82, 2.24) is 4.90 Å². The standard InChI is InChI=1S/C28H33FN2O5S2/c1-4-6-7-8-9-10-18-36-25-19-21(11-16-24(25)35-3)20-26-27(32)31(17-5-2)28(37-26)30-38(33,34)23-14-12-22(29)13-15-23/h5,11-16,19-20H,2,4,6-10,17-18H2,1,3H3/b26-20-,30-28?. The lowest BCUT2D eigenvalue weighted by molar-refractivity contribution is -0.121. The minimum Gasteiger partial charge on any atom is -0.493 e. The van der Waals surface area contributed by atoms with Crippen LogP contribution in [-0.2, 0) is 14.8 Å². The molecule has 2 aromatic carbocycles. The number of amides is 1. The van der Waals surface area contributed by atoms with Gasteiger partial charge in [0.2, 0.25) is 0 Å². The Morgan fingerprint density at radius 1 is 1.05 bits per heavy atom. The fourth-order valence-electron chi connectivity index (χ4n) is 3.74. The summed E-state index contributed by atoms with van der Waals surface area (Å²) in [7, 11) is -2.59. The fourth-order valence-corrected chi connectivity index (χ4v) is 5.93. The second kappa shape index (κ2) is 14.2. The van der Waals surface area contributed by atoms with Crippen molar-refractivity contribution in [2.24, 2.45) is 4.40 Å². The molecule has 10 heteroatoms. The summed E-state index contributed by atoms with van der Waals surface area (Å²) in [5.74, 6) is 0.203. The first-order chi connectivity index (χ1) is 18.3. The van der Waals surface area contributed by atoms with Crippen molar-refractivity contribution in [3.8, 4) is 11.5 Å². The Balaban J connectivity index is 1.80. The van der Waals surface area contributed by atoms with Gasteiger partial charge in [-0.25, -0.2) is 4.39 Å². The molecule has 0 radical (unpaired) electrons. The van der Waals surface area contributed by atoms with Gasteiger partial charge in [-0.2, -0.15) is 8.42 Å². The predicted octanol–water partition coefficient (Wildman–Crippen LogP) is 6.42. The summed E-state index contributed by atoms with van der Waals surface area (Å²) < 4.78 is 54.1. The van der Waals surface area contributed by atoms with E-state index < -0.39 is 21.7 Å². The topological polar surface area (TPSA) is 85.3 Å². The molecule has 1 heterocycles. The Kier molecular flexibility index (Phi) is 11.0. The van der Waals surface area contributed by atoms with Crippen LogP contribution < -0.4 is 9.47 Å². The lowest BCUT2D eigenvalue weighted by Crippen LogP contribution is -2.29. The van der Waals surface area contributed by atoms with Gasteiger partial charge in [-0.3, -0.25) is 9.69 Å². The first kappa shape index (κ1) is 29.4. The van der Waals surface area contributed by atoms with Gasteiger partial charge in [-0.05, 0) is 66.2 Å². The minimum absolute atomic E-state index is 0.00136. The van der Waals surface area contributed by atoms with Crippen molar-refractivity contribution in [2.45, 2.75) is 50.3 Å². The van der Waals surface area contributed by atoms with Crippen LogP contribution in [0.25, 0.3) is 6.08 Å². The Hall–Kier alpha value is -3.11. The van der Waals surface area contributed by atoms with Crippen LogP contribution in [0.1, 0.15) is 51.0 Å². The van der Waals surface area contributed by atoms with Crippen molar-refractivity contribution in [3.63, 3.8) is 0 Å². The van der Waals surface area contributed by atoms with Crippen molar-refractivity contribution < 1.29 is 27.1 Å². The number of nitrogens with zero attached hydrogens (tertiary/aromatic N) is 2. The van der Waals surface area contributed by atoms with Crippen LogP contribution in [0.3, 0.4) is 0 Å². The van der Waals surface area contributed by atoms with Gasteiger partial charge in [0.15, 0.2) is 16.7 Å². The smallest absolute Gasteiger partial charge is 0.284 e. The van der Waals surface area contributed by atoms with E-state index in [1.807, 2.05) is 0 Å². The van der Waals surface area contributed by atoms with Crippen LogP contribution >= 0.6 is 11.8 Å². The number of rotatable bonds is 14. The summed E-state index contributed by atoms with van der Waals surface area (Å²) in [6.07, 6.45) is 10.0. The minimum atomic E-state index is -4.16. The fraction of sp³-hybridized carbons (Fsp3) is 0.357. The molecule has 1 saturated heterocycles. The Morgan fingerprint density at radius 2 is 1.76 bits per heavy atom. The van der Waals surface area contributed by atoms with Crippen molar-refractivity contribution >= 4 is 38.9 Å². The highest BCUT2D eigenvalue weighted by molar-refractivity contribution is 8.19. The molecule has 2 aromatic rings. The van der Waals surface area contributed by atoms with Crippen LogP contribution in [0.15, 0.2) is 69.3 Å². The molecule has 1 aliphatic heterocycles. The van der Waals surface area contributed by atoms with Gasteiger partial charge in [-0.1, -0.05) is 51.2 Å². The van der Waals surface area contributed by atoms with Gasteiger partial charge in [-0.15, -0.1) is 11.0 Å². The Morgan fingerprint density at radius 3 is 2.45 bits per heavy atom. The Labute approximate surface area is 228 Å². The molecule has 38 heavy (non-hydrogen) atoms. The molecule has 0 spiro atoms. The van der Waals surface area contributed by atoms with E-state index in [9.17, 15) is 17.6 Å². The third-order valence-corrected chi connectivity index (χ3v) is 8.15. The SMILES string of the molecule is C=CCN1C(=O)/C(=C/c2ccc(OC)c(OCCCCCCCC)c2)SC1=NS(=O)(=O)c1ccc(F)cc1. The number of ether oxygens (including phenoxy) is 2. The molecule has 0 N–H and O–H groups in total. The van der Waals surface area contributed by atoms with Crippen LogP contribution in [-0.4, -0.2) is 44.7 Å². The first-order valence-electron chi connectivity index (χ1n) is 12.5. The van der Waals surface area contributed by atoms with Crippen molar-refractivity contribution in [2.75, 3.05) is 20.3 Å². The third kappa shape index (κ3) is 7.94. The predicted molar refractivity (Wildman–Crippen MR) is 150 cm³/mol. The molecule has 3 rings (SSSR count). The summed E-state index contributed by atoms with van der Waals surface area (Å²) in [6.45, 7) is 6.48. The molecule has 0 saturated carbocycles. The number of thioether (sulfide) groups is 1. The highest BCUT2D eigenvalue weighted by Crippen LogP contribution is 2.35. The van der Waals surface area contributed by atoms with Crippen LogP contribution in [0.5, 0.6) is 11.5 Å². The molecular formula is C28H33FN2O5S2. The maximum Gasteiger partial charge on any atom is 0.284 e. The zero-order chi connectivity index (χ0) is 27.5. The average Bonchev–Trinajstić information content (AvgIpc) is 3.17. The van der Waals surface area contributed by atoms with Gasteiger partial charge in [0, 0.05) is 6.54 Å². The molecule has 0 aliphatic carbocycles. The molecule has 0 unspecified atom stereocenters. The van der Waals surface area contributed by atoms with Crippen LogP contribution in [0, 0.1) is 5.82 Å². The summed E-state index contributed by atoms with van der Waals surface area (Å²) in [5.41, 5.74) is 0.695. The average molecular weight is 561 g/mol. The highest BCUT2D eigenvalue weighted by Gasteiger charge is 2.34. The molecule has 1 fully saturated rings. The molecule has 0 atom stereocenters. The number of hydrogen-bond acceptors (Lipinski definition) is 6. The molecule has 0 aromatic heterocycles. The number of amidine groups is 1. The van der Waals surface area contributed by atoms with Crippen molar-refractivity contribution in [3.05, 3.63) is 71.4 Å². The summed E-state index contributed by atoms with van der Waals surface area (Å²) in [4.78, 5) is 14.5. The highest BCUT2D eigenvalue weighted by atomic mass is 32.2. The zero-order valence-electron chi connectivity index (χ0n) is 21.7. The monoisotopic (exact) mass is 560 g/mol. The van der Waals surface area contributed by atoms with E-state index in [1.165, 1.54) is 36.7 Å². The lowest BCUT2D eigenvalue weighted by Gasteiger charge is -2.12. The van der Waals surface area contributed by atoms with E-state index in [0.717, 1.165) is 48.9 Å². The second-order valence-corrected chi connectivity index (χ2v) is 11.3. The van der Waals surface area contributed by atoms with Crippen molar-refractivity contribution in [1.29, 1.82) is 0 Å². The molecule has 1 amide bonds. The summed E-state index contributed by atoms with van der Waals surface area (Å²) >= 11 is 0.947. The van der Waals surface area contributed by atoms with E-state index in [2.05, 4.69) is 17.9 Å². The first-order valence-corrected chi connectivity index (χ1v) is 14.8. The molecular weight excluding hydrogens is 527 g/mol. The normalized spacial score (nSPS) is 15.9. The molecule has 0 bridgehead atoms. The van der Waals surface area contributed by atoms with E-state index in [0.29, 0.717) is 28.6 Å². The number of hydrogen-bond donors (Lipinski definition) is 0. The van der Waals surface area contributed by atoms with Gasteiger partial charge in [0.1, 0.15) is 5.82 Å². The lowest BCUT2D eigenvalue weighted by atomic mass is 10.1. The number of methoxy groups -OCH3 is 1. The van der Waals surface area contributed by atoms with Crippen LogP contribution in [0.4, 0.5) is 4.39 Å². The number of halogens is 1. The second-order valence-electron chi connectivity index (χ2n) is 8.64. The summed E-state index contributed by atoms with van der Waals surface area (Å²) in [5, 5.41) is -0.00136. The molecule has 204 valence electrons. The summed E-state index contributed by atoms with van der Waals surface area (Å²) in [6, 6.07) is 9.70. The van der Waals surface area contributed by atoms with E-state index in [-0.39, 0.29) is 16.6 Å². The number of sulfonamides is 1. The Bertz CT molecular complexity index is 1290. The maximum absolute atomic E-state index is 13.2. The van der Waals surface area contributed by atoms with Gasteiger partial charge < -0.3 is 9.47 Å². The quantitative estimate of drug-likeness (QED) is 0.151. The largest absolute Gasteiger partial charge is 0.493 e. The maximum atomic E-state index is 13.2. The van der Waals surface area contributed by atoms with E-state index >= 15 is 0 Å². The zero-order valence-corrected chi connectivity index (χ0v) is 23.3. The van der Waals surface area contributed by atoms with E-state index in [4.69, 9.17) is 9.47 Å². The number of unbranched alkanes of at least 4 members (excludes halogenated alkanes) is 5. The van der Waals surface area contributed by atoms with Gasteiger partial charge >= 0.3 is 0 Å². The number of carbonyl (C=O) groups is 1. The number of carbonyl (C=O) groups excluding carboxylic acids is 1. The molecule has 1 aliphatic rings.